The zero-order valence-corrected chi connectivity index (χ0v) is 11.6. The highest BCUT2D eigenvalue weighted by atomic mass is 35.5. The van der Waals surface area contributed by atoms with Crippen LogP contribution in [-0.4, -0.2) is 30.9 Å². The molecule has 8 heteroatoms. The number of sulfonamides is 1. The summed E-state index contributed by atoms with van der Waals surface area (Å²) in [5, 5.41) is 0.401. The zero-order chi connectivity index (χ0) is 11.6. The van der Waals surface area contributed by atoms with Gasteiger partial charge in [-0.25, -0.2) is 18.1 Å². The molecule has 2 rings (SSSR count). The van der Waals surface area contributed by atoms with Gasteiger partial charge in [-0.15, -0.1) is 0 Å². The standard InChI is InChI=1S/C8H11ClN2O2S3/c9-8-10-5-7(15-8)16(12,13)11-4-6-2-1-3-14-6/h5-6,11H,1-4H2. The molecule has 0 bridgehead atoms. The van der Waals surface area contributed by atoms with Crippen molar-refractivity contribution in [3.05, 3.63) is 10.7 Å². The quantitative estimate of drug-likeness (QED) is 0.923. The Morgan fingerprint density at radius 1 is 1.62 bits per heavy atom. The van der Waals surface area contributed by atoms with Gasteiger partial charge in [-0.1, -0.05) is 22.9 Å². The fraction of sp³-hybridized carbons (Fsp3) is 0.625. The van der Waals surface area contributed by atoms with E-state index in [0.29, 0.717) is 11.8 Å². The first-order chi connectivity index (χ1) is 7.58. The van der Waals surface area contributed by atoms with E-state index in [1.807, 2.05) is 11.8 Å². The lowest BCUT2D eigenvalue weighted by atomic mass is 10.2. The first kappa shape index (κ1) is 12.6. The lowest BCUT2D eigenvalue weighted by Crippen LogP contribution is -2.29. The number of hydrogen-bond donors (Lipinski definition) is 1. The maximum Gasteiger partial charge on any atom is 0.251 e. The molecule has 0 saturated carbocycles. The van der Waals surface area contributed by atoms with Crippen LogP contribution in [0, 0.1) is 0 Å². The second kappa shape index (κ2) is 5.22. The highest BCUT2D eigenvalue weighted by Gasteiger charge is 2.21. The summed E-state index contributed by atoms with van der Waals surface area (Å²) in [5.74, 6) is 1.12. The van der Waals surface area contributed by atoms with Crippen LogP contribution in [0.5, 0.6) is 0 Å². The normalized spacial score (nSPS) is 21.4. The SMILES string of the molecule is O=S(=O)(NCC1CCCS1)c1cnc(Cl)s1. The molecule has 0 spiro atoms. The van der Waals surface area contributed by atoms with Crippen molar-refractivity contribution in [3.63, 3.8) is 0 Å². The van der Waals surface area contributed by atoms with Crippen LogP contribution >= 0.6 is 34.7 Å². The molecule has 1 unspecified atom stereocenters. The van der Waals surface area contributed by atoms with Crippen molar-refractivity contribution in [2.75, 3.05) is 12.3 Å². The molecule has 1 fully saturated rings. The molecular formula is C8H11ClN2O2S3. The van der Waals surface area contributed by atoms with Crippen LogP contribution in [0.4, 0.5) is 0 Å². The first-order valence-corrected chi connectivity index (χ1v) is 8.53. The van der Waals surface area contributed by atoms with Gasteiger partial charge in [-0.2, -0.15) is 11.8 Å². The Labute approximate surface area is 108 Å². The topological polar surface area (TPSA) is 59.1 Å². The molecular weight excluding hydrogens is 288 g/mol. The van der Waals surface area contributed by atoms with E-state index in [1.54, 1.807) is 0 Å². The molecule has 1 N–H and O–H groups in total. The molecule has 1 aliphatic heterocycles. The fourth-order valence-corrected chi connectivity index (χ4v) is 5.17. The van der Waals surface area contributed by atoms with E-state index < -0.39 is 10.0 Å². The largest absolute Gasteiger partial charge is 0.251 e. The Bertz CT molecular complexity index is 454. The number of nitrogens with one attached hydrogen (secondary N) is 1. The van der Waals surface area contributed by atoms with E-state index >= 15 is 0 Å². The number of nitrogens with zero attached hydrogens (tertiary/aromatic N) is 1. The van der Waals surface area contributed by atoms with Gasteiger partial charge in [0.25, 0.3) is 10.0 Å². The number of thioether (sulfide) groups is 1. The van der Waals surface area contributed by atoms with Crippen molar-refractivity contribution in [2.45, 2.75) is 22.3 Å². The van der Waals surface area contributed by atoms with Crippen molar-refractivity contribution in [2.24, 2.45) is 0 Å². The minimum absolute atomic E-state index is 0.181. The molecule has 4 nitrogen and oxygen atoms in total. The highest BCUT2D eigenvalue weighted by Crippen LogP contribution is 2.26. The minimum atomic E-state index is -3.42. The van der Waals surface area contributed by atoms with E-state index in [2.05, 4.69) is 9.71 Å². The summed E-state index contributed by atoms with van der Waals surface area (Å²) in [6.45, 7) is 0.489. The van der Waals surface area contributed by atoms with Crippen LogP contribution in [0.25, 0.3) is 0 Å². The average Bonchev–Trinajstić information content (AvgIpc) is 2.85. The van der Waals surface area contributed by atoms with Gasteiger partial charge in [0.2, 0.25) is 0 Å². The van der Waals surface area contributed by atoms with E-state index in [1.165, 1.54) is 12.6 Å². The Hall–Kier alpha value is 0.180. The number of aromatic nitrogens is 1. The molecule has 16 heavy (non-hydrogen) atoms. The lowest BCUT2D eigenvalue weighted by molar-refractivity contribution is 0.581. The Kier molecular flexibility index (Phi) is 4.12. The second-order valence-electron chi connectivity index (χ2n) is 3.42. The van der Waals surface area contributed by atoms with Gasteiger partial charge in [-0.05, 0) is 18.6 Å². The van der Waals surface area contributed by atoms with Gasteiger partial charge < -0.3 is 0 Å². The summed E-state index contributed by atoms with van der Waals surface area (Å²) in [5.41, 5.74) is 0. The zero-order valence-electron chi connectivity index (χ0n) is 8.35. The summed E-state index contributed by atoms with van der Waals surface area (Å²) in [7, 11) is -3.42. The van der Waals surface area contributed by atoms with E-state index in [-0.39, 0.29) is 8.68 Å². The maximum absolute atomic E-state index is 11.8. The van der Waals surface area contributed by atoms with Crippen LogP contribution in [0.15, 0.2) is 10.4 Å². The molecule has 1 aromatic rings. The van der Waals surface area contributed by atoms with E-state index in [4.69, 9.17) is 11.6 Å². The fourth-order valence-electron chi connectivity index (χ4n) is 1.44. The van der Waals surface area contributed by atoms with Crippen LogP contribution in [0.3, 0.4) is 0 Å². The second-order valence-corrected chi connectivity index (χ2v) is 8.43. The molecule has 2 heterocycles. The molecule has 1 aliphatic rings. The van der Waals surface area contributed by atoms with E-state index in [9.17, 15) is 8.42 Å². The van der Waals surface area contributed by atoms with Gasteiger partial charge in [0, 0.05) is 11.8 Å². The molecule has 0 radical (unpaired) electrons. The van der Waals surface area contributed by atoms with Crippen LogP contribution in [0.2, 0.25) is 4.47 Å². The third-order valence-corrected chi connectivity index (χ3v) is 6.64. The summed E-state index contributed by atoms with van der Waals surface area (Å²) < 4.78 is 26.6. The molecule has 90 valence electrons. The number of thiazole rings is 1. The maximum atomic E-state index is 11.8. The first-order valence-electron chi connectivity index (χ1n) is 4.80. The van der Waals surface area contributed by atoms with Crippen molar-refractivity contribution >= 4 is 44.7 Å². The lowest BCUT2D eigenvalue weighted by Gasteiger charge is -2.09. The van der Waals surface area contributed by atoms with E-state index in [0.717, 1.165) is 23.5 Å². The Morgan fingerprint density at radius 3 is 3.00 bits per heavy atom. The molecule has 0 amide bonds. The van der Waals surface area contributed by atoms with Crippen molar-refractivity contribution < 1.29 is 8.42 Å². The highest BCUT2D eigenvalue weighted by molar-refractivity contribution is 8.00. The third kappa shape index (κ3) is 3.10. The van der Waals surface area contributed by atoms with Gasteiger partial charge in [0.15, 0.2) is 8.68 Å². The molecule has 1 atom stereocenters. The summed E-state index contributed by atoms with van der Waals surface area (Å²) in [6, 6.07) is 0. The Morgan fingerprint density at radius 2 is 2.44 bits per heavy atom. The summed E-state index contributed by atoms with van der Waals surface area (Å²) >= 11 is 8.40. The minimum Gasteiger partial charge on any atom is -0.232 e. The van der Waals surface area contributed by atoms with Crippen LogP contribution < -0.4 is 4.72 Å². The predicted octanol–water partition coefficient (Wildman–Crippen LogP) is 1.97. The van der Waals surface area contributed by atoms with Gasteiger partial charge >= 0.3 is 0 Å². The average molecular weight is 299 g/mol. The number of halogens is 1. The number of rotatable bonds is 4. The monoisotopic (exact) mass is 298 g/mol. The molecule has 0 aliphatic carbocycles. The summed E-state index contributed by atoms with van der Waals surface area (Å²) in [6.07, 6.45) is 3.54. The van der Waals surface area contributed by atoms with Gasteiger partial charge in [-0.3, -0.25) is 0 Å². The van der Waals surface area contributed by atoms with Crippen molar-refractivity contribution in [1.82, 2.24) is 9.71 Å². The summed E-state index contributed by atoms with van der Waals surface area (Å²) in [4.78, 5) is 3.72. The number of hydrogen-bond acceptors (Lipinski definition) is 5. The van der Waals surface area contributed by atoms with Crippen molar-refractivity contribution in [1.29, 1.82) is 0 Å². The van der Waals surface area contributed by atoms with Crippen LogP contribution in [0.1, 0.15) is 12.8 Å². The van der Waals surface area contributed by atoms with Crippen LogP contribution in [-0.2, 0) is 10.0 Å². The smallest absolute Gasteiger partial charge is 0.232 e. The third-order valence-electron chi connectivity index (χ3n) is 2.25. The molecule has 0 aromatic carbocycles. The van der Waals surface area contributed by atoms with Gasteiger partial charge in [0.1, 0.15) is 0 Å². The molecule has 1 saturated heterocycles. The molecule has 1 aromatic heterocycles. The van der Waals surface area contributed by atoms with Gasteiger partial charge in [0.05, 0.1) is 6.20 Å². The van der Waals surface area contributed by atoms with Crippen molar-refractivity contribution in [3.8, 4) is 0 Å². The predicted molar refractivity (Wildman–Crippen MR) is 67.8 cm³/mol. The Balaban J connectivity index is 1.97.